The van der Waals surface area contributed by atoms with Crippen molar-refractivity contribution in [2.75, 3.05) is 0 Å². The first-order chi connectivity index (χ1) is 12.4. The first-order valence-corrected chi connectivity index (χ1v) is 8.79. The zero-order valence-corrected chi connectivity index (χ0v) is 15.4. The number of hydrogen-bond donors (Lipinski definition) is 2. The number of carbonyl (C=O) groups excluding carboxylic acids is 1. The fraction of sp³-hybridized carbons (Fsp3) is 0.400. The van der Waals surface area contributed by atoms with Gasteiger partial charge in [-0.3, -0.25) is 0 Å². The molecule has 1 aromatic rings. The maximum atomic E-state index is 12.3. The molecule has 1 aliphatic heterocycles. The minimum atomic E-state index is -0.561. The molecule has 0 bridgehead atoms. The van der Waals surface area contributed by atoms with Gasteiger partial charge in [-0.1, -0.05) is 51.1 Å². The van der Waals surface area contributed by atoms with Crippen molar-refractivity contribution in [2.45, 2.75) is 40.2 Å². The van der Waals surface area contributed by atoms with Crippen molar-refractivity contribution in [1.29, 1.82) is 5.41 Å². The zero-order valence-electron chi connectivity index (χ0n) is 15.4. The van der Waals surface area contributed by atoms with E-state index in [4.69, 9.17) is 10.1 Å². The van der Waals surface area contributed by atoms with E-state index in [1.807, 2.05) is 30.3 Å². The Morgan fingerprint density at radius 3 is 2.58 bits per heavy atom. The predicted octanol–water partition coefficient (Wildman–Crippen LogP) is 3.45. The highest BCUT2D eigenvalue weighted by Gasteiger charge is 2.35. The molecule has 2 aliphatic rings. The molecule has 1 heterocycles. The molecule has 3 rings (SSSR count). The third-order valence-corrected chi connectivity index (χ3v) is 4.28. The van der Waals surface area contributed by atoms with Crippen molar-refractivity contribution in [1.82, 2.24) is 5.32 Å². The fourth-order valence-electron chi connectivity index (χ4n) is 2.87. The van der Waals surface area contributed by atoms with Crippen LogP contribution in [0.5, 0.6) is 0 Å². The normalized spacial score (nSPS) is 18.7. The third kappa shape index (κ3) is 4.25. The highest BCUT2D eigenvalue weighted by Crippen LogP contribution is 2.39. The molecule has 136 valence electrons. The lowest BCUT2D eigenvalue weighted by atomic mass is 9.80. The van der Waals surface area contributed by atoms with Crippen LogP contribution in [0.2, 0.25) is 0 Å². The monoisotopic (exact) mass is 352 g/mol. The molecule has 1 aliphatic carbocycles. The minimum absolute atomic E-state index is 0.0452. The van der Waals surface area contributed by atoms with Gasteiger partial charge in [0.2, 0.25) is 5.84 Å². The molecule has 6 nitrogen and oxygen atoms in total. The van der Waals surface area contributed by atoms with Crippen molar-refractivity contribution in [3.05, 3.63) is 47.2 Å². The van der Waals surface area contributed by atoms with Gasteiger partial charge in [-0.2, -0.15) is 5.10 Å². The zero-order chi connectivity index (χ0) is 18.7. The molecular formula is C20H24N4O2. The number of ether oxygens (including phenoxy) is 1. The van der Waals surface area contributed by atoms with Gasteiger partial charge >= 0.3 is 5.97 Å². The summed E-state index contributed by atoms with van der Waals surface area (Å²) in [5, 5.41) is 19.4. The Hall–Kier alpha value is -2.76. The van der Waals surface area contributed by atoms with Gasteiger partial charge < -0.3 is 15.5 Å². The number of nitrogens with one attached hydrogen (secondary N) is 2. The van der Waals surface area contributed by atoms with Gasteiger partial charge in [0.05, 0.1) is 11.9 Å². The summed E-state index contributed by atoms with van der Waals surface area (Å²) in [6.45, 7) is 6.34. The second-order valence-corrected chi connectivity index (χ2v) is 7.61. The van der Waals surface area contributed by atoms with E-state index in [0.29, 0.717) is 17.3 Å². The number of rotatable bonds is 5. The van der Waals surface area contributed by atoms with Crippen molar-refractivity contribution >= 4 is 23.7 Å². The summed E-state index contributed by atoms with van der Waals surface area (Å²) in [5.41, 5.74) is 2.79. The highest BCUT2D eigenvalue weighted by atomic mass is 16.5. The van der Waals surface area contributed by atoms with Crippen molar-refractivity contribution in [2.24, 2.45) is 21.5 Å². The van der Waals surface area contributed by atoms with Crippen LogP contribution < -0.4 is 5.32 Å². The first-order valence-electron chi connectivity index (χ1n) is 8.79. The molecule has 0 aromatic heterocycles. The number of carbonyl (C=O) groups is 1. The average molecular weight is 352 g/mol. The molecule has 0 atom stereocenters. The second-order valence-electron chi connectivity index (χ2n) is 7.61. The van der Waals surface area contributed by atoms with Crippen LogP contribution in [-0.2, 0) is 16.1 Å². The quantitative estimate of drug-likeness (QED) is 0.628. The van der Waals surface area contributed by atoms with E-state index >= 15 is 0 Å². The van der Waals surface area contributed by atoms with Crippen LogP contribution in [0.1, 0.15) is 39.2 Å². The van der Waals surface area contributed by atoms with E-state index in [1.165, 1.54) is 0 Å². The summed E-state index contributed by atoms with van der Waals surface area (Å²) < 4.78 is 5.32. The lowest BCUT2D eigenvalue weighted by Gasteiger charge is -2.27. The molecule has 0 saturated heterocycles. The number of nitrogens with zero attached hydrogens (tertiary/aromatic N) is 2. The molecule has 0 radical (unpaired) electrons. The molecule has 26 heavy (non-hydrogen) atoms. The van der Waals surface area contributed by atoms with Gasteiger partial charge in [0, 0.05) is 17.2 Å². The SMILES string of the molecule is CC(C)(C)/C(C(=N)C1CC1)=C1\C=NN=C(C(=O)OCc2ccccc2)N1. The third-order valence-electron chi connectivity index (χ3n) is 4.28. The predicted molar refractivity (Wildman–Crippen MR) is 102 cm³/mol. The number of esters is 1. The van der Waals surface area contributed by atoms with Crippen LogP contribution in [0.4, 0.5) is 0 Å². The van der Waals surface area contributed by atoms with Gasteiger partial charge in [-0.25, -0.2) is 4.79 Å². The highest BCUT2D eigenvalue weighted by molar-refractivity contribution is 6.36. The standard InChI is InChI=1S/C20H24N4O2/c1-20(2,3)16(17(21)14-9-10-14)15-11-22-24-18(23-15)19(25)26-12-13-7-5-4-6-8-13/h4-8,11,14,21H,9-10,12H2,1-3H3,(H,23,24)/b16-15+,21-17?. The lowest BCUT2D eigenvalue weighted by molar-refractivity contribution is -0.137. The molecule has 1 aromatic carbocycles. The van der Waals surface area contributed by atoms with Gasteiger partial charge in [0.25, 0.3) is 0 Å². The molecular weight excluding hydrogens is 328 g/mol. The van der Waals surface area contributed by atoms with E-state index in [0.717, 1.165) is 24.0 Å². The Morgan fingerprint density at radius 2 is 1.96 bits per heavy atom. The average Bonchev–Trinajstić information content (AvgIpc) is 3.45. The van der Waals surface area contributed by atoms with Gasteiger partial charge in [-0.05, 0) is 23.8 Å². The van der Waals surface area contributed by atoms with Crippen LogP contribution >= 0.6 is 0 Å². The molecule has 0 unspecified atom stereocenters. The summed E-state index contributed by atoms with van der Waals surface area (Å²) in [5.74, 6) is -0.211. The van der Waals surface area contributed by atoms with Crippen LogP contribution in [0.25, 0.3) is 0 Å². The second kappa shape index (κ2) is 7.23. The molecule has 1 fully saturated rings. The smallest absolute Gasteiger partial charge is 0.376 e. The number of hydrogen-bond acceptors (Lipinski definition) is 6. The molecule has 2 N–H and O–H groups in total. The van der Waals surface area contributed by atoms with E-state index in [-0.39, 0.29) is 17.9 Å². The fourth-order valence-corrected chi connectivity index (χ4v) is 2.87. The van der Waals surface area contributed by atoms with Crippen LogP contribution in [-0.4, -0.2) is 23.7 Å². The summed E-state index contributed by atoms with van der Waals surface area (Å²) in [4.78, 5) is 12.3. The van der Waals surface area contributed by atoms with Crippen molar-refractivity contribution in [3.63, 3.8) is 0 Å². The lowest BCUT2D eigenvalue weighted by Crippen LogP contribution is -2.37. The van der Waals surface area contributed by atoms with Crippen LogP contribution in [0.15, 0.2) is 51.8 Å². The van der Waals surface area contributed by atoms with Gasteiger partial charge in [0.1, 0.15) is 6.61 Å². The topological polar surface area (TPSA) is 86.9 Å². The minimum Gasteiger partial charge on any atom is -0.455 e. The first kappa shape index (κ1) is 18.0. The van der Waals surface area contributed by atoms with E-state index in [2.05, 4.69) is 36.3 Å². The maximum absolute atomic E-state index is 12.3. The molecule has 1 saturated carbocycles. The summed E-state index contributed by atoms with van der Waals surface area (Å²) in [6, 6.07) is 9.48. The van der Waals surface area contributed by atoms with Crippen LogP contribution in [0.3, 0.4) is 0 Å². The number of amidine groups is 1. The Balaban J connectivity index is 1.75. The van der Waals surface area contributed by atoms with Crippen LogP contribution in [0, 0.1) is 16.7 Å². The van der Waals surface area contributed by atoms with Gasteiger partial charge in [0.15, 0.2) is 0 Å². The summed E-state index contributed by atoms with van der Waals surface area (Å²) in [6.07, 6.45) is 3.66. The van der Waals surface area contributed by atoms with E-state index < -0.39 is 5.97 Å². The summed E-state index contributed by atoms with van der Waals surface area (Å²) >= 11 is 0. The Kier molecular flexibility index (Phi) is 5.02. The van der Waals surface area contributed by atoms with E-state index in [1.54, 1.807) is 6.21 Å². The molecule has 0 spiro atoms. The Bertz CT molecular complexity index is 797. The van der Waals surface area contributed by atoms with Crippen molar-refractivity contribution < 1.29 is 9.53 Å². The Labute approximate surface area is 153 Å². The molecule has 6 heteroatoms. The number of allylic oxidation sites excluding steroid dienone is 2. The maximum Gasteiger partial charge on any atom is 0.376 e. The summed E-state index contributed by atoms with van der Waals surface area (Å²) in [7, 11) is 0. The number of benzene rings is 1. The van der Waals surface area contributed by atoms with Gasteiger partial charge in [-0.15, -0.1) is 5.10 Å². The van der Waals surface area contributed by atoms with Crippen molar-refractivity contribution in [3.8, 4) is 0 Å². The Morgan fingerprint density at radius 1 is 1.27 bits per heavy atom. The van der Waals surface area contributed by atoms with E-state index in [9.17, 15) is 4.79 Å². The largest absolute Gasteiger partial charge is 0.455 e. The molecule has 0 amide bonds.